The van der Waals surface area contributed by atoms with Crippen molar-refractivity contribution in [2.75, 3.05) is 0 Å². The van der Waals surface area contributed by atoms with E-state index in [2.05, 4.69) is 133 Å². The Labute approximate surface area is 219 Å². The van der Waals surface area contributed by atoms with E-state index in [1.54, 1.807) is 0 Å². The van der Waals surface area contributed by atoms with E-state index in [1.165, 1.54) is 74.7 Å². The first-order chi connectivity index (χ1) is 18.4. The van der Waals surface area contributed by atoms with Crippen LogP contribution < -0.4 is 0 Å². The van der Waals surface area contributed by atoms with Crippen LogP contribution in [0.1, 0.15) is 0 Å². The van der Waals surface area contributed by atoms with E-state index in [0.717, 1.165) is 0 Å². The summed E-state index contributed by atoms with van der Waals surface area (Å²) in [6, 6.07) is 48.9. The first kappa shape index (κ1) is 20.7. The second-order valence-corrected chi connectivity index (χ2v) is 10.7. The molecule has 0 atom stereocenters. The van der Waals surface area contributed by atoms with Crippen LogP contribution in [0, 0.1) is 0 Å². The molecule has 172 valence electrons. The Hall–Kier alpha value is -4.46. The van der Waals surface area contributed by atoms with E-state index in [-0.39, 0.29) is 0 Å². The number of fused-ring (bicyclic) bond motifs is 7. The van der Waals surface area contributed by atoms with Crippen LogP contribution in [-0.2, 0) is 0 Å². The summed E-state index contributed by atoms with van der Waals surface area (Å²) in [6.45, 7) is 0. The second-order valence-electron chi connectivity index (χ2n) is 9.65. The normalized spacial score (nSPS) is 11.8. The van der Waals surface area contributed by atoms with Gasteiger partial charge in [0.25, 0.3) is 0 Å². The van der Waals surface area contributed by atoms with Crippen molar-refractivity contribution in [1.29, 1.82) is 0 Å². The van der Waals surface area contributed by atoms with Crippen molar-refractivity contribution < 1.29 is 0 Å². The molecule has 0 nitrogen and oxygen atoms in total. The first-order valence-corrected chi connectivity index (χ1v) is 13.5. The van der Waals surface area contributed by atoms with Crippen LogP contribution in [0.15, 0.2) is 133 Å². The van der Waals surface area contributed by atoms with E-state index in [1.807, 2.05) is 11.3 Å². The molecule has 8 rings (SSSR count). The first-order valence-electron chi connectivity index (χ1n) is 12.7. The highest BCUT2D eigenvalue weighted by Gasteiger charge is 2.20. The maximum atomic E-state index is 2.33. The molecule has 1 aromatic heterocycles. The molecule has 0 saturated heterocycles. The third-order valence-electron chi connectivity index (χ3n) is 7.65. The summed E-state index contributed by atoms with van der Waals surface area (Å²) in [7, 11) is 0. The molecule has 0 fully saturated rings. The van der Waals surface area contributed by atoms with Gasteiger partial charge in [-0.25, -0.2) is 0 Å². The molecule has 7 aromatic carbocycles. The second kappa shape index (κ2) is 8.03. The summed E-state index contributed by atoms with van der Waals surface area (Å²) in [5.41, 5.74) is 5.20. The van der Waals surface area contributed by atoms with Crippen LogP contribution in [0.5, 0.6) is 0 Å². The third-order valence-corrected chi connectivity index (χ3v) is 8.77. The van der Waals surface area contributed by atoms with E-state index in [4.69, 9.17) is 0 Å². The zero-order valence-electron chi connectivity index (χ0n) is 20.1. The predicted octanol–water partition coefficient (Wildman–Crippen LogP) is 10.8. The molecular weight excluding hydrogens is 464 g/mol. The molecule has 0 unspecified atom stereocenters. The van der Waals surface area contributed by atoms with Gasteiger partial charge >= 0.3 is 0 Å². The molecule has 1 heterocycles. The lowest BCUT2D eigenvalue weighted by Crippen LogP contribution is -1.91. The maximum Gasteiger partial charge on any atom is 0.0362 e. The molecule has 1 heteroatoms. The fraction of sp³-hybridized carbons (Fsp3) is 0. The van der Waals surface area contributed by atoms with E-state index in [0.29, 0.717) is 0 Å². The van der Waals surface area contributed by atoms with Gasteiger partial charge in [-0.05, 0) is 66.7 Å². The van der Waals surface area contributed by atoms with E-state index >= 15 is 0 Å². The van der Waals surface area contributed by atoms with Gasteiger partial charge in [0, 0.05) is 20.2 Å². The summed E-state index contributed by atoms with van der Waals surface area (Å²) >= 11 is 1.90. The standard InChI is InChI=1S/C36H22S/c1-2-12-24(13-3-1)33-26-15-6-8-17-28(26)34(29-18-9-7-16-27(29)33)30-19-10-20-31-36(30)35-25-14-5-4-11-23(25)21-22-32(35)37-31/h1-22H. The molecule has 0 N–H and O–H groups in total. The van der Waals surface area contributed by atoms with Crippen molar-refractivity contribution in [2.45, 2.75) is 0 Å². The zero-order chi connectivity index (χ0) is 24.3. The van der Waals surface area contributed by atoms with Crippen molar-refractivity contribution in [3.05, 3.63) is 133 Å². The largest absolute Gasteiger partial charge is 0.135 e. The Morgan fingerprint density at radius 3 is 1.62 bits per heavy atom. The lowest BCUT2D eigenvalue weighted by molar-refractivity contribution is 1.67. The summed E-state index contributed by atoms with van der Waals surface area (Å²) in [4.78, 5) is 0. The molecule has 0 saturated carbocycles. The van der Waals surface area contributed by atoms with Gasteiger partial charge in [0.2, 0.25) is 0 Å². The Bertz CT molecular complexity index is 2070. The van der Waals surface area contributed by atoms with Gasteiger partial charge < -0.3 is 0 Å². The highest BCUT2D eigenvalue weighted by atomic mass is 32.1. The number of rotatable bonds is 2. The van der Waals surface area contributed by atoms with Crippen LogP contribution in [0.4, 0.5) is 0 Å². The average molecular weight is 487 g/mol. The summed E-state index contributed by atoms with van der Waals surface area (Å²) < 4.78 is 2.68. The highest BCUT2D eigenvalue weighted by molar-refractivity contribution is 7.26. The van der Waals surface area contributed by atoms with Gasteiger partial charge in [-0.15, -0.1) is 11.3 Å². The minimum absolute atomic E-state index is 1.26. The lowest BCUT2D eigenvalue weighted by Gasteiger charge is -2.18. The third kappa shape index (κ3) is 3.02. The summed E-state index contributed by atoms with van der Waals surface area (Å²) in [5.74, 6) is 0. The van der Waals surface area contributed by atoms with Crippen LogP contribution in [0.3, 0.4) is 0 Å². The zero-order valence-corrected chi connectivity index (χ0v) is 20.9. The minimum atomic E-state index is 1.26. The quantitative estimate of drug-likeness (QED) is 0.213. The van der Waals surface area contributed by atoms with E-state index < -0.39 is 0 Å². The molecule has 0 spiro atoms. The Morgan fingerprint density at radius 2 is 0.919 bits per heavy atom. The molecule has 0 aliphatic carbocycles. The van der Waals surface area contributed by atoms with Crippen LogP contribution in [0.25, 0.3) is 74.7 Å². The topological polar surface area (TPSA) is 0 Å². The molecular formula is C36H22S. The van der Waals surface area contributed by atoms with Crippen molar-refractivity contribution in [3.8, 4) is 22.3 Å². The summed E-state index contributed by atoms with van der Waals surface area (Å²) in [5, 5.41) is 10.5. The lowest BCUT2D eigenvalue weighted by atomic mass is 9.85. The average Bonchev–Trinajstić information content (AvgIpc) is 3.36. The smallest absolute Gasteiger partial charge is 0.0362 e. The molecule has 0 bridgehead atoms. The van der Waals surface area contributed by atoms with Gasteiger partial charge in [-0.1, -0.05) is 121 Å². The molecule has 0 aliphatic heterocycles. The van der Waals surface area contributed by atoms with E-state index in [9.17, 15) is 0 Å². The maximum absolute atomic E-state index is 2.33. The monoisotopic (exact) mass is 486 g/mol. The van der Waals surface area contributed by atoms with Crippen molar-refractivity contribution in [2.24, 2.45) is 0 Å². The fourth-order valence-corrected chi connectivity index (χ4v) is 7.28. The van der Waals surface area contributed by atoms with Gasteiger partial charge in [-0.2, -0.15) is 0 Å². The van der Waals surface area contributed by atoms with Crippen molar-refractivity contribution >= 4 is 63.8 Å². The number of thiophene rings is 1. The van der Waals surface area contributed by atoms with Crippen LogP contribution in [-0.4, -0.2) is 0 Å². The van der Waals surface area contributed by atoms with Crippen molar-refractivity contribution in [3.63, 3.8) is 0 Å². The predicted molar refractivity (Wildman–Crippen MR) is 163 cm³/mol. The number of benzene rings is 7. The number of hydrogen-bond donors (Lipinski definition) is 0. The Balaban J connectivity index is 1.60. The number of hydrogen-bond acceptors (Lipinski definition) is 1. The molecule has 0 radical (unpaired) electrons. The molecule has 37 heavy (non-hydrogen) atoms. The SMILES string of the molecule is c1ccc(-c2c3ccccc3c(-c3cccc4sc5ccc6ccccc6c5c34)c3ccccc23)cc1. The highest BCUT2D eigenvalue weighted by Crippen LogP contribution is 2.48. The molecule has 8 aromatic rings. The minimum Gasteiger partial charge on any atom is -0.135 e. The fourth-order valence-electron chi connectivity index (χ4n) is 6.13. The van der Waals surface area contributed by atoms with Gasteiger partial charge in [0.05, 0.1) is 0 Å². The Kier molecular flexibility index (Phi) is 4.49. The van der Waals surface area contributed by atoms with Crippen LogP contribution in [0.2, 0.25) is 0 Å². The van der Waals surface area contributed by atoms with Crippen molar-refractivity contribution in [1.82, 2.24) is 0 Å². The Morgan fingerprint density at radius 1 is 0.351 bits per heavy atom. The van der Waals surface area contributed by atoms with Gasteiger partial charge in [0.15, 0.2) is 0 Å². The van der Waals surface area contributed by atoms with Gasteiger partial charge in [-0.3, -0.25) is 0 Å². The van der Waals surface area contributed by atoms with Gasteiger partial charge in [0.1, 0.15) is 0 Å². The van der Waals surface area contributed by atoms with Crippen LogP contribution >= 0.6 is 11.3 Å². The summed E-state index contributed by atoms with van der Waals surface area (Å²) in [6.07, 6.45) is 0. The molecule has 0 aliphatic rings. The molecule has 0 amide bonds.